The Hall–Kier alpha value is -2.62. The number of aryl methyl sites for hydroxylation is 3. The molecule has 0 radical (unpaired) electrons. The molecule has 2 aromatic carbocycles. The molecule has 4 nitrogen and oxygen atoms in total. The third-order valence-corrected chi connectivity index (χ3v) is 3.48. The van der Waals surface area contributed by atoms with Crippen LogP contribution in [0.4, 0.5) is 5.69 Å². The smallest absolute Gasteiger partial charge is 0.227 e. The molecule has 1 heterocycles. The molecule has 0 spiro atoms. The average Bonchev–Trinajstić information content (AvgIpc) is 2.98. The molecule has 4 heteroatoms. The molecule has 0 bridgehead atoms. The molecule has 0 aliphatic rings. The van der Waals surface area contributed by atoms with Crippen LogP contribution < -0.4 is 5.73 Å². The molecular weight excluding hydrogens is 262 g/mol. The van der Waals surface area contributed by atoms with Crippen molar-refractivity contribution < 1.29 is 4.52 Å². The van der Waals surface area contributed by atoms with Gasteiger partial charge in [-0.2, -0.15) is 4.98 Å². The van der Waals surface area contributed by atoms with Crippen molar-refractivity contribution in [1.82, 2.24) is 10.1 Å². The van der Waals surface area contributed by atoms with Crippen LogP contribution in [0.2, 0.25) is 0 Å². The van der Waals surface area contributed by atoms with E-state index in [4.69, 9.17) is 10.3 Å². The van der Waals surface area contributed by atoms with Crippen molar-refractivity contribution in [2.75, 3.05) is 5.73 Å². The number of nitrogens with two attached hydrogens (primary N) is 1. The maximum absolute atomic E-state index is 5.91. The second-order valence-corrected chi connectivity index (χ2v) is 5.07. The molecule has 0 atom stereocenters. The van der Waals surface area contributed by atoms with Crippen molar-refractivity contribution in [1.29, 1.82) is 0 Å². The predicted octanol–water partition coefficient (Wildman–Crippen LogP) is 3.41. The lowest BCUT2D eigenvalue weighted by atomic mass is 10.1. The van der Waals surface area contributed by atoms with Crippen molar-refractivity contribution >= 4 is 5.69 Å². The first-order valence-electron chi connectivity index (χ1n) is 6.95. The van der Waals surface area contributed by atoms with Crippen LogP contribution in [0.15, 0.2) is 53.1 Å². The van der Waals surface area contributed by atoms with Gasteiger partial charge in [0.1, 0.15) is 0 Å². The Morgan fingerprint density at radius 1 is 1.05 bits per heavy atom. The molecule has 21 heavy (non-hydrogen) atoms. The van der Waals surface area contributed by atoms with Gasteiger partial charge in [-0.3, -0.25) is 0 Å². The second-order valence-electron chi connectivity index (χ2n) is 5.07. The number of benzene rings is 2. The molecule has 106 valence electrons. The van der Waals surface area contributed by atoms with Gasteiger partial charge in [0, 0.05) is 17.7 Å². The number of hydrogen-bond donors (Lipinski definition) is 1. The lowest BCUT2D eigenvalue weighted by Gasteiger charge is -2.00. The van der Waals surface area contributed by atoms with E-state index in [9.17, 15) is 0 Å². The van der Waals surface area contributed by atoms with Crippen molar-refractivity contribution in [2.45, 2.75) is 19.8 Å². The number of anilines is 1. The molecule has 0 aliphatic carbocycles. The minimum atomic E-state index is 0.588. The minimum absolute atomic E-state index is 0.588. The van der Waals surface area contributed by atoms with Gasteiger partial charge in [-0.25, -0.2) is 0 Å². The van der Waals surface area contributed by atoms with E-state index in [2.05, 4.69) is 22.3 Å². The lowest BCUT2D eigenvalue weighted by molar-refractivity contribution is 0.379. The van der Waals surface area contributed by atoms with E-state index in [1.165, 1.54) is 5.56 Å². The molecule has 3 aromatic rings. The van der Waals surface area contributed by atoms with E-state index in [-0.39, 0.29) is 0 Å². The summed E-state index contributed by atoms with van der Waals surface area (Å²) in [4.78, 5) is 4.43. The fourth-order valence-electron chi connectivity index (χ4n) is 2.15. The highest BCUT2D eigenvalue weighted by molar-refractivity contribution is 5.63. The van der Waals surface area contributed by atoms with Gasteiger partial charge in [0.05, 0.1) is 0 Å². The number of nitrogen functional groups attached to an aromatic ring is 1. The molecule has 0 aliphatic heterocycles. The largest absolute Gasteiger partial charge is 0.398 e. The van der Waals surface area contributed by atoms with E-state index in [1.54, 1.807) is 0 Å². The maximum atomic E-state index is 5.91. The Morgan fingerprint density at radius 3 is 2.62 bits per heavy atom. The van der Waals surface area contributed by atoms with Gasteiger partial charge in [-0.05, 0) is 30.5 Å². The summed E-state index contributed by atoms with van der Waals surface area (Å²) in [5.74, 6) is 1.23. The van der Waals surface area contributed by atoms with Gasteiger partial charge < -0.3 is 10.3 Å². The highest BCUT2D eigenvalue weighted by atomic mass is 16.5. The Labute approximate surface area is 123 Å². The number of hydrogen-bond acceptors (Lipinski definition) is 4. The van der Waals surface area contributed by atoms with E-state index < -0.39 is 0 Å². The first-order valence-corrected chi connectivity index (χ1v) is 6.95. The summed E-state index contributed by atoms with van der Waals surface area (Å²) in [5.41, 5.74) is 9.84. The Morgan fingerprint density at radius 2 is 1.86 bits per heavy atom. The van der Waals surface area contributed by atoms with E-state index in [0.717, 1.165) is 29.7 Å². The molecule has 2 N–H and O–H groups in total. The molecular formula is C17H17N3O. The monoisotopic (exact) mass is 279 g/mol. The first-order chi connectivity index (χ1) is 10.2. The van der Waals surface area contributed by atoms with Crippen molar-refractivity contribution in [3.63, 3.8) is 0 Å². The van der Waals surface area contributed by atoms with Crippen LogP contribution in [0.3, 0.4) is 0 Å². The standard InChI is InChI=1S/C17H17N3O/c1-12-7-9-14(11-15(12)18)17-19-16(21-20-17)10-8-13-5-3-2-4-6-13/h2-7,9,11H,8,10,18H2,1H3. The Kier molecular flexibility index (Phi) is 3.69. The molecule has 0 saturated heterocycles. The number of nitrogens with zero attached hydrogens (tertiary/aromatic N) is 2. The van der Waals surface area contributed by atoms with Crippen LogP contribution in [0.5, 0.6) is 0 Å². The van der Waals surface area contributed by atoms with Gasteiger partial charge in [-0.15, -0.1) is 0 Å². The normalized spacial score (nSPS) is 10.7. The molecule has 0 fully saturated rings. The quantitative estimate of drug-likeness (QED) is 0.743. The van der Waals surface area contributed by atoms with Gasteiger partial charge in [0.15, 0.2) is 0 Å². The topological polar surface area (TPSA) is 64.9 Å². The highest BCUT2D eigenvalue weighted by Crippen LogP contribution is 2.21. The van der Waals surface area contributed by atoms with Gasteiger partial charge in [0.25, 0.3) is 0 Å². The van der Waals surface area contributed by atoms with Gasteiger partial charge in [0.2, 0.25) is 11.7 Å². The van der Waals surface area contributed by atoms with Crippen LogP contribution >= 0.6 is 0 Å². The zero-order chi connectivity index (χ0) is 14.7. The fraction of sp³-hybridized carbons (Fsp3) is 0.176. The van der Waals surface area contributed by atoms with Crippen molar-refractivity contribution in [3.05, 3.63) is 65.5 Å². The summed E-state index contributed by atoms with van der Waals surface area (Å²) < 4.78 is 5.31. The van der Waals surface area contributed by atoms with Gasteiger partial charge >= 0.3 is 0 Å². The van der Waals surface area contributed by atoms with E-state index in [0.29, 0.717) is 11.7 Å². The molecule has 0 saturated carbocycles. The van der Waals surface area contributed by atoms with E-state index in [1.807, 2.05) is 43.3 Å². The number of rotatable bonds is 4. The van der Waals surface area contributed by atoms with Crippen molar-refractivity contribution in [3.8, 4) is 11.4 Å². The predicted molar refractivity (Wildman–Crippen MR) is 82.7 cm³/mol. The molecule has 0 amide bonds. The summed E-state index contributed by atoms with van der Waals surface area (Å²) in [6.07, 6.45) is 1.62. The fourth-order valence-corrected chi connectivity index (χ4v) is 2.15. The summed E-state index contributed by atoms with van der Waals surface area (Å²) in [6.45, 7) is 1.97. The maximum Gasteiger partial charge on any atom is 0.227 e. The Bertz CT molecular complexity index is 735. The summed E-state index contributed by atoms with van der Waals surface area (Å²) in [7, 11) is 0. The zero-order valence-corrected chi connectivity index (χ0v) is 11.9. The Balaban J connectivity index is 1.72. The van der Waals surface area contributed by atoms with Crippen LogP contribution in [-0.4, -0.2) is 10.1 Å². The zero-order valence-electron chi connectivity index (χ0n) is 11.9. The molecule has 1 aromatic heterocycles. The lowest BCUT2D eigenvalue weighted by Crippen LogP contribution is -1.92. The first kappa shape index (κ1) is 13.4. The number of aromatic nitrogens is 2. The SMILES string of the molecule is Cc1ccc(-c2noc(CCc3ccccc3)n2)cc1N. The second kappa shape index (κ2) is 5.79. The van der Waals surface area contributed by atoms with E-state index >= 15 is 0 Å². The third-order valence-electron chi connectivity index (χ3n) is 3.48. The van der Waals surface area contributed by atoms with Crippen LogP contribution in [0, 0.1) is 6.92 Å². The van der Waals surface area contributed by atoms with Crippen LogP contribution in [0.1, 0.15) is 17.0 Å². The summed E-state index contributed by atoms with van der Waals surface area (Å²) in [5, 5.41) is 4.03. The summed E-state index contributed by atoms with van der Waals surface area (Å²) >= 11 is 0. The van der Waals surface area contributed by atoms with Crippen molar-refractivity contribution in [2.24, 2.45) is 0 Å². The van der Waals surface area contributed by atoms with Crippen LogP contribution in [0.25, 0.3) is 11.4 Å². The minimum Gasteiger partial charge on any atom is -0.398 e. The average molecular weight is 279 g/mol. The van der Waals surface area contributed by atoms with Gasteiger partial charge in [-0.1, -0.05) is 47.6 Å². The summed E-state index contributed by atoms with van der Waals surface area (Å²) in [6, 6.07) is 16.1. The highest BCUT2D eigenvalue weighted by Gasteiger charge is 2.09. The van der Waals surface area contributed by atoms with Crippen LogP contribution in [-0.2, 0) is 12.8 Å². The molecule has 0 unspecified atom stereocenters. The third kappa shape index (κ3) is 3.11. The molecule has 3 rings (SSSR count).